The van der Waals surface area contributed by atoms with Crippen molar-refractivity contribution in [2.24, 2.45) is 5.73 Å². The largest absolute Gasteiger partial charge is 0.375 e. The van der Waals surface area contributed by atoms with Crippen LogP contribution in [0.2, 0.25) is 0 Å². The van der Waals surface area contributed by atoms with Crippen LogP contribution in [0.1, 0.15) is 12.8 Å². The fourth-order valence-corrected chi connectivity index (χ4v) is 0.824. The summed E-state index contributed by atoms with van der Waals surface area (Å²) in [7, 11) is 0. The molecule has 0 aliphatic heterocycles. The molecule has 5 heteroatoms. The van der Waals surface area contributed by atoms with Gasteiger partial charge in [0.1, 0.15) is 6.61 Å². The molecule has 0 rings (SSSR count). The number of hydrogen-bond donors (Lipinski definition) is 2. The van der Waals surface area contributed by atoms with E-state index in [1.807, 2.05) is 0 Å². The summed E-state index contributed by atoms with van der Waals surface area (Å²) in [5, 5.41) is 3.13. The minimum atomic E-state index is -2.36. The molecule has 0 atom stereocenters. The van der Waals surface area contributed by atoms with Gasteiger partial charge in [-0.25, -0.2) is 8.78 Å². The Balaban J connectivity index is 2.84. The van der Waals surface area contributed by atoms with E-state index in [-0.39, 0.29) is 0 Å². The van der Waals surface area contributed by atoms with E-state index in [1.54, 1.807) is 0 Å². The molecule has 0 aromatic carbocycles. The second kappa shape index (κ2) is 9.83. The molecule has 0 bridgehead atoms. The smallest absolute Gasteiger partial charge is 0.261 e. The van der Waals surface area contributed by atoms with Gasteiger partial charge in [0, 0.05) is 6.61 Å². The molecule has 0 saturated carbocycles. The van der Waals surface area contributed by atoms with E-state index in [2.05, 4.69) is 10.1 Å². The molecule has 0 amide bonds. The first kappa shape index (κ1) is 12.7. The van der Waals surface area contributed by atoms with Gasteiger partial charge in [-0.15, -0.1) is 0 Å². The van der Waals surface area contributed by atoms with E-state index in [0.717, 1.165) is 25.9 Å². The minimum Gasteiger partial charge on any atom is -0.375 e. The number of nitrogens with two attached hydrogens (primary N) is 1. The maximum atomic E-state index is 11.6. The Labute approximate surface area is 77.6 Å². The highest BCUT2D eigenvalue weighted by Gasteiger charge is 2.00. The van der Waals surface area contributed by atoms with Gasteiger partial charge >= 0.3 is 0 Å². The standard InChI is InChI=1S/C8H18F2N2O/c9-8(10)7-13-6-2-5-12-4-1-3-11/h8,12H,1-7,11H2. The van der Waals surface area contributed by atoms with E-state index in [4.69, 9.17) is 5.73 Å². The first-order valence-electron chi connectivity index (χ1n) is 4.54. The van der Waals surface area contributed by atoms with Crippen LogP contribution < -0.4 is 11.1 Å². The summed E-state index contributed by atoms with van der Waals surface area (Å²) in [4.78, 5) is 0. The lowest BCUT2D eigenvalue weighted by Crippen LogP contribution is -2.20. The molecule has 0 aromatic heterocycles. The van der Waals surface area contributed by atoms with Crippen LogP contribution in [0, 0.1) is 0 Å². The quantitative estimate of drug-likeness (QED) is 0.531. The van der Waals surface area contributed by atoms with Crippen LogP contribution in [0.4, 0.5) is 8.78 Å². The monoisotopic (exact) mass is 196 g/mol. The van der Waals surface area contributed by atoms with Gasteiger partial charge in [-0.05, 0) is 32.5 Å². The van der Waals surface area contributed by atoms with Gasteiger partial charge in [-0.1, -0.05) is 0 Å². The summed E-state index contributed by atoms with van der Waals surface area (Å²) in [5.74, 6) is 0. The number of ether oxygens (including phenoxy) is 1. The summed E-state index contributed by atoms with van der Waals surface area (Å²) in [6.45, 7) is 2.28. The first-order valence-corrected chi connectivity index (χ1v) is 4.54. The minimum absolute atomic E-state index is 0.389. The van der Waals surface area contributed by atoms with Crippen LogP contribution in [0.5, 0.6) is 0 Å². The van der Waals surface area contributed by atoms with Gasteiger partial charge in [-0.2, -0.15) is 0 Å². The summed E-state index contributed by atoms with van der Waals surface area (Å²) in [6.07, 6.45) is -0.653. The normalized spacial score (nSPS) is 11.1. The maximum absolute atomic E-state index is 11.6. The predicted octanol–water partition coefficient (Wildman–Crippen LogP) is 0.597. The lowest BCUT2D eigenvalue weighted by Gasteiger charge is -2.04. The van der Waals surface area contributed by atoms with Crippen LogP contribution >= 0.6 is 0 Å². The van der Waals surface area contributed by atoms with E-state index in [1.165, 1.54) is 0 Å². The van der Waals surface area contributed by atoms with Crippen molar-refractivity contribution in [2.45, 2.75) is 19.3 Å². The second-order valence-electron chi connectivity index (χ2n) is 2.71. The van der Waals surface area contributed by atoms with E-state index in [9.17, 15) is 8.78 Å². The topological polar surface area (TPSA) is 47.3 Å². The first-order chi connectivity index (χ1) is 6.27. The Bertz CT molecular complexity index is 104. The van der Waals surface area contributed by atoms with Crippen molar-refractivity contribution < 1.29 is 13.5 Å². The number of hydrogen-bond acceptors (Lipinski definition) is 3. The third kappa shape index (κ3) is 11.7. The molecule has 80 valence electrons. The Kier molecular flexibility index (Phi) is 9.63. The van der Waals surface area contributed by atoms with Gasteiger partial charge < -0.3 is 15.8 Å². The molecule has 3 nitrogen and oxygen atoms in total. The molecule has 3 N–H and O–H groups in total. The number of alkyl halides is 2. The summed E-state index contributed by atoms with van der Waals surface area (Å²) >= 11 is 0. The van der Waals surface area contributed by atoms with Crippen molar-refractivity contribution in [3.05, 3.63) is 0 Å². The molecule has 0 aromatic rings. The summed E-state index contributed by atoms with van der Waals surface area (Å²) < 4.78 is 27.8. The molecular weight excluding hydrogens is 178 g/mol. The summed E-state index contributed by atoms with van der Waals surface area (Å²) in [6, 6.07) is 0. The number of nitrogens with one attached hydrogen (secondary N) is 1. The lowest BCUT2D eigenvalue weighted by atomic mass is 10.4. The molecular formula is C8H18F2N2O. The van der Waals surface area contributed by atoms with Gasteiger partial charge in [0.05, 0.1) is 0 Å². The SMILES string of the molecule is NCCCNCCCOCC(F)F. The van der Waals surface area contributed by atoms with E-state index in [0.29, 0.717) is 13.2 Å². The average Bonchev–Trinajstić information content (AvgIpc) is 2.09. The number of halogens is 2. The van der Waals surface area contributed by atoms with Crippen LogP contribution in [0.25, 0.3) is 0 Å². The lowest BCUT2D eigenvalue weighted by molar-refractivity contribution is 0.0168. The Hall–Kier alpha value is -0.260. The molecule has 0 radical (unpaired) electrons. The third-order valence-corrected chi connectivity index (χ3v) is 1.44. The van der Waals surface area contributed by atoms with Crippen molar-refractivity contribution in [1.82, 2.24) is 5.32 Å². The molecule has 0 heterocycles. The highest BCUT2D eigenvalue weighted by Crippen LogP contribution is 1.92. The zero-order chi connectivity index (χ0) is 9.94. The van der Waals surface area contributed by atoms with Crippen molar-refractivity contribution in [3.8, 4) is 0 Å². The van der Waals surface area contributed by atoms with Gasteiger partial charge in [0.2, 0.25) is 0 Å². The fourth-order valence-electron chi connectivity index (χ4n) is 0.824. The van der Waals surface area contributed by atoms with Crippen LogP contribution in [-0.2, 0) is 4.74 Å². The molecule has 0 aliphatic rings. The highest BCUT2D eigenvalue weighted by molar-refractivity contribution is 4.48. The molecule has 0 saturated heterocycles. The van der Waals surface area contributed by atoms with Crippen molar-refractivity contribution in [2.75, 3.05) is 32.8 Å². The van der Waals surface area contributed by atoms with Crippen molar-refractivity contribution >= 4 is 0 Å². The van der Waals surface area contributed by atoms with Crippen LogP contribution in [0.15, 0.2) is 0 Å². The third-order valence-electron chi connectivity index (χ3n) is 1.44. The number of rotatable bonds is 9. The zero-order valence-corrected chi connectivity index (χ0v) is 7.77. The molecule has 13 heavy (non-hydrogen) atoms. The van der Waals surface area contributed by atoms with E-state index < -0.39 is 13.0 Å². The molecule has 0 spiro atoms. The molecule has 0 aliphatic carbocycles. The van der Waals surface area contributed by atoms with E-state index >= 15 is 0 Å². The van der Waals surface area contributed by atoms with Crippen molar-refractivity contribution in [3.63, 3.8) is 0 Å². The maximum Gasteiger partial charge on any atom is 0.261 e. The zero-order valence-electron chi connectivity index (χ0n) is 7.77. The highest BCUT2D eigenvalue weighted by atomic mass is 19.3. The Morgan fingerprint density at radius 3 is 2.54 bits per heavy atom. The molecule has 0 unspecified atom stereocenters. The van der Waals surface area contributed by atoms with Crippen LogP contribution in [0.3, 0.4) is 0 Å². The molecule has 0 fully saturated rings. The second-order valence-corrected chi connectivity index (χ2v) is 2.71. The van der Waals surface area contributed by atoms with Crippen LogP contribution in [-0.4, -0.2) is 39.3 Å². The average molecular weight is 196 g/mol. The van der Waals surface area contributed by atoms with Gasteiger partial charge in [0.15, 0.2) is 0 Å². The predicted molar refractivity (Wildman–Crippen MR) is 48.0 cm³/mol. The fraction of sp³-hybridized carbons (Fsp3) is 1.00. The Morgan fingerprint density at radius 1 is 1.23 bits per heavy atom. The summed E-state index contributed by atoms with van der Waals surface area (Å²) in [5.41, 5.74) is 5.28. The van der Waals surface area contributed by atoms with Gasteiger partial charge in [0.25, 0.3) is 6.43 Å². The van der Waals surface area contributed by atoms with Gasteiger partial charge in [-0.3, -0.25) is 0 Å². The van der Waals surface area contributed by atoms with Crippen molar-refractivity contribution in [1.29, 1.82) is 0 Å². The Morgan fingerprint density at radius 2 is 1.92 bits per heavy atom.